The van der Waals surface area contributed by atoms with Crippen molar-refractivity contribution in [3.63, 3.8) is 0 Å². The van der Waals surface area contributed by atoms with Crippen LogP contribution < -0.4 is 10.6 Å². The lowest BCUT2D eigenvalue weighted by Crippen LogP contribution is -2.03. The minimum atomic E-state index is 0.769. The summed E-state index contributed by atoms with van der Waals surface area (Å²) in [6, 6.07) is 3.99. The fourth-order valence-electron chi connectivity index (χ4n) is 1.66. The van der Waals surface area contributed by atoms with Crippen molar-refractivity contribution in [3.05, 3.63) is 36.3 Å². The van der Waals surface area contributed by atoms with Gasteiger partial charge in [0.1, 0.15) is 5.82 Å². The Bertz CT molecular complexity index is 492. The highest BCUT2D eigenvalue weighted by Gasteiger charge is 1.98. The summed E-state index contributed by atoms with van der Waals surface area (Å²) in [5, 5.41) is 10.8. The molecular formula is C13H19N5. The zero-order valence-electron chi connectivity index (χ0n) is 10.8. The molecule has 2 heterocycles. The molecule has 0 saturated carbocycles. The van der Waals surface area contributed by atoms with E-state index >= 15 is 0 Å². The predicted molar refractivity (Wildman–Crippen MR) is 73.6 cm³/mol. The van der Waals surface area contributed by atoms with Gasteiger partial charge in [-0.05, 0) is 12.5 Å². The topological polar surface area (TPSA) is 54.8 Å². The fraction of sp³-hybridized carbons (Fsp3) is 0.385. The molecule has 5 heteroatoms. The molecule has 0 aliphatic carbocycles. The Balaban J connectivity index is 1.92. The van der Waals surface area contributed by atoms with Crippen LogP contribution in [0.2, 0.25) is 0 Å². The average molecular weight is 245 g/mol. The molecule has 2 rings (SSSR count). The third-order valence-corrected chi connectivity index (χ3v) is 2.57. The Morgan fingerprint density at radius 2 is 2.22 bits per heavy atom. The number of rotatable bonds is 6. The van der Waals surface area contributed by atoms with Gasteiger partial charge in [-0.1, -0.05) is 6.92 Å². The van der Waals surface area contributed by atoms with Gasteiger partial charge in [0.2, 0.25) is 0 Å². The molecule has 0 amide bonds. The monoisotopic (exact) mass is 245 g/mol. The molecule has 2 N–H and O–H groups in total. The van der Waals surface area contributed by atoms with Crippen LogP contribution in [0.5, 0.6) is 0 Å². The third kappa shape index (κ3) is 3.48. The average Bonchev–Trinajstić information content (AvgIpc) is 2.80. The number of nitrogens with zero attached hydrogens (tertiary/aromatic N) is 3. The summed E-state index contributed by atoms with van der Waals surface area (Å²) in [7, 11) is 1.92. The van der Waals surface area contributed by atoms with E-state index in [9.17, 15) is 0 Å². The second kappa shape index (κ2) is 6.05. The molecule has 0 atom stereocenters. The van der Waals surface area contributed by atoms with E-state index in [2.05, 4.69) is 27.6 Å². The molecule has 2 aromatic rings. The molecular weight excluding hydrogens is 226 g/mol. The first-order valence-electron chi connectivity index (χ1n) is 6.19. The summed E-state index contributed by atoms with van der Waals surface area (Å²) in [5.41, 5.74) is 2.23. The Labute approximate surface area is 107 Å². The molecule has 0 aliphatic heterocycles. The first kappa shape index (κ1) is 12.4. The summed E-state index contributed by atoms with van der Waals surface area (Å²) in [6.45, 7) is 3.85. The van der Waals surface area contributed by atoms with Gasteiger partial charge in [0.15, 0.2) is 0 Å². The second-order valence-corrected chi connectivity index (χ2v) is 4.23. The second-order valence-electron chi connectivity index (χ2n) is 4.23. The molecule has 5 nitrogen and oxygen atoms in total. The number of hydrogen-bond donors (Lipinski definition) is 2. The number of hydrogen-bond acceptors (Lipinski definition) is 4. The van der Waals surface area contributed by atoms with Crippen molar-refractivity contribution in [1.29, 1.82) is 0 Å². The Hall–Kier alpha value is -2.04. The molecule has 0 saturated heterocycles. The zero-order valence-corrected chi connectivity index (χ0v) is 10.8. The predicted octanol–water partition coefficient (Wildman–Crippen LogP) is 2.25. The SMILES string of the molecule is CCCNc1cc(NCc2cnn(C)c2)ccn1. The van der Waals surface area contributed by atoms with Gasteiger partial charge >= 0.3 is 0 Å². The number of nitrogens with one attached hydrogen (secondary N) is 2. The lowest BCUT2D eigenvalue weighted by molar-refractivity contribution is 0.767. The first-order chi connectivity index (χ1) is 8.78. The Kier molecular flexibility index (Phi) is 4.17. The molecule has 0 fully saturated rings. The maximum atomic E-state index is 4.27. The molecule has 2 aromatic heterocycles. The molecule has 0 unspecified atom stereocenters. The van der Waals surface area contributed by atoms with E-state index in [0.717, 1.165) is 36.6 Å². The van der Waals surface area contributed by atoms with Gasteiger partial charge in [0, 0.05) is 49.8 Å². The van der Waals surface area contributed by atoms with E-state index in [4.69, 9.17) is 0 Å². The highest BCUT2D eigenvalue weighted by atomic mass is 15.2. The first-order valence-corrected chi connectivity index (χ1v) is 6.19. The number of anilines is 2. The summed E-state index contributed by atoms with van der Waals surface area (Å²) in [4.78, 5) is 4.27. The van der Waals surface area contributed by atoms with Crippen LogP contribution in [-0.2, 0) is 13.6 Å². The quantitative estimate of drug-likeness (QED) is 0.819. The van der Waals surface area contributed by atoms with Crippen molar-refractivity contribution in [1.82, 2.24) is 14.8 Å². The Morgan fingerprint density at radius 1 is 1.33 bits per heavy atom. The van der Waals surface area contributed by atoms with E-state index in [0.29, 0.717) is 0 Å². The van der Waals surface area contributed by atoms with Crippen LogP contribution in [0.4, 0.5) is 11.5 Å². The van der Waals surface area contributed by atoms with Crippen molar-refractivity contribution in [2.45, 2.75) is 19.9 Å². The minimum Gasteiger partial charge on any atom is -0.381 e. The van der Waals surface area contributed by atoms with Crippen molar-refractivity contribution in [3.8, 4) is 0 Å². The lowest BCUT2D eigenvalue weighted by atomic mass is 10.3. The summed E-state index contributed by atoms with van der Waals surface area (Å²) < 4.78 is 1.80. The minimum absolute atomic E-state index is 0.769. The van der Waals surface area contributed by atoms with E-state index < -0.39 is 0 Å². The molecule has 0 aromatic carbocycles. The highest BCUT2D eigenvalue weighted by Crippen LogP contribution is 2.13. The molecule has 96 valence electrons. The van der Waals surface area contributed by atoms with Crippen LogP contribution >= 0.6 is 0 Å². The largest absolute Gasteiger partial charge is 0.381 e. The van der Waals surface area contributed by atoms with Gasteiger partial charge in [-0.15, -0.1) is 0 Å². The van der Waals surface area contributed by atoms with Gasteiger partial charge in [0.05, 0.1) is 6.20 Å². The highest BCUT2D eigenvalue weighted by molar-refractivity contribution is 5.51. The Morgan fingerprint density at radius 3 is 2.94 bits per heavy atom. The smallest absolute Gasteiger partial charge is 0.127 e. The zero-order chi connectivity index (χ0) is 12.8. The molecule has 0 aliphatic rings. The van der Waals surface area contributed by atoms with Crippen LogP contribution in [0.15, 0.2) is 30.7 Å². The maximum Gasteiger partial charge on any atom is 0.127 e. The van der Waals surface area contributed by atoms with E-state index in [-0.39, 0.29) is 0 Å². The molecule has 0 spiro atoms. The summed E-state index contributed by atoms with van der Waals surface area (Å²) in [5.74, 6) is 0.910. The van der Waals surface area contributed by atoms with Crippen LogP contribution in [0, 0.1) is 0 Å². The number of aryl methyl sites for hydroxylation is 1. The van der Waals surface area contributed by atoms with Crippen LogP contribution in [-0.4, -0.2) is 21.3 Å². The third-order valence-electron chi connectivity index (χ3n) is 2.57. The maximum absolute atomic E-state index is 4.27. The van der Waals surface area contributed by atoms with Gasteiger partial charge in [-0.2, -0.15) is 5.10 Å². The van der Waals surface area contributed by atoms with Gasteiger partial charge < -0.3 is 10.6 Å². The van der Waals surface area contributed by atoms with Gasteiger partial charge in [-0.3, -0.25) is 4.68 Å². The van der Waals surface area contributed by atoms with Crippen molar-refractivity contribution >= 4 is 11.5 Å². The van der Waals surface area contributed by atoms with Crippen molar-refractivity contribution in [2.75, 3.05) is 17.2 Å². The van der Waals surface area contributed by atoms with E-state index in [1.54, 1.807) is 4.68 Å². The normalized spacial score (nSPS) is 10.3. The van der Waals surface area contributed by atoms with Gasteiger partial charge in [0.25, 0.3) is 0 Å². The van der Waals surface area contributed by atoms with Crippen LogP contribution in [0.1, 0.15) is 18.9 Å². The number of aromatic nitrogens is 3. The molecule has 0 radical (unpaired) electrons. The summed E-state index contributed by atoms with van der Waals surface area (Å²) >= 11 is 0. The van der Waals surface area contributed by atoms with E-state index in [1.165, 1.54) is 0 Å². The van der Waals surface area contributed by atoms with E-state index in [1.807, 2.05) is 37.8 Å². The fourth-order valence-corrected chi connectivity index (χ4v) is 1.66. The van der Waals surface area contributed by atoms with Crippen molar-refractivity contribution in [2.24, 2.45) is 7.05 Å². The van der Waals surface area contributed by atoms with Gasteiger partial charge in [-0.25, -0.2) is 4.98 Å². The van der Waals surface area contributed by atoms with Crippen LogP contribution in [0.25, 0.3) is 0 Å². The molecule has 18 heavy (non-hydrogen) atoms. The number of pyridine rings is 1. The standard InChI is InChI=1S/C13H19N5/c1-3-5-14-13-7-12(4-6-15-13)16-8-11-9-17-18(2)10-11/h4,6-7,9-10H,3,5,8H2,1-2H3,(H2,14,15,16). The lowest BCUT2D eigenvalue weighted by Gasteiger charge is -2.08. The molecule has 0 bridgehead atoms. The van der Waals surface area contributed by atoms with Crippen molar-refractivity contribution < 1.29 is 0 Å². The summed E-state index contributed by atoms with van der Waals surface area (Å²) in [6.07, 6.45) is 6.77. The van der Waals surface area contributed by atoms with Crippen LogP contribution in [0.3, 0.4) is 0 Å².